The Labute approximate surface area is 92.8 Å². The molecule has 3 rings (SSSR count). The van der Waals surface area contributed by atoms with E-state index in [1.54, 1.807) is 12.5 Å². The van der Waals surface area contributed by atoms with Crippen LogP contribution >= 0.6 is 0 Å². The number of benzene rings is 1. The van der Waals surface area contributed by atoms with E-state index in [1.165, 1.54) is 0 Å². The van der Waals surface area contributed by atoms with E-state index < -0.39 is 0 Å². The van der Waals surface area contributed by atoms with Gasteiger partial charge < -0.3 is 9.40 Å². The van der Waals surface area contributed by atoms with Crippen molar-refractivity contribution in [3.05, 3.63) is 55.3 Å². The predicted molar refractivity (Wildman–Crippen MR) is 60.6 cm³/mol. The fourth-order valence-corrected chi connectivity index (χ4v) is 1.72. The lowest BCUT2D eigenvalue weighted by Gasteiger charge is -2.03. The van der Waals surface area contributed by atoms with Gasteiger partial charge in [0, 0.05) is 23.5 Å². The monoisotopic (exact) mass is 209 g/mol. The van der Waals surface area contributed by atoms with E-state index >= 15 is 0 Å². The lowest BCUT2D eigenvalue weighted by atomic mass is 10.0. The lowest BCUT2D eigenvalue weighted by molar-refractivity contribution is 0.559. The van der Waals surface area contributed by atoms with Gasteiger partial charge in [-0.15, -0.1) is 0 Å². The van der Waals surface area contributed by atoms with Gasteiger partial charge in [-0.3, -0.25) is 0 Å². The molecule has 2 heterocycles. The third-order valence-electron chi connectivity index (χ3n) is 2.44. The van der Waals surface area contributed by atoms with Gasteiger partial charge in [-0.05, 0) is 11.6 Å². The molecule has 77 valence electrons. The molecule has 0 atom stereocenters. The van der Waals surface area contributed by atoms with E-state index in [0.29, 0.717) is 0 Å². The first-order chi connectivity index (χ1) is 7.95. The summed E-state index contributed by atoms with van der Waals surface area (Å²) in [5.74, 6) is 0.852. The molecule has 0 spiro atoms. The predicted octanol–water partition coefficient (Wildman–Crippen LogP) is 3.14. The Morgan fingerprint density at radius 1 is 1.12 bits per heavy atom. The number of imidazole rings is 1. The number of H-pyrrole nitrogens is 1. The number of hydrogen-bond acceptors (Lipinski definition) is 2. The molecule has 0 amide bonds. The smallest absolute Gasteiger partial charge is 0.177 e. The van der Waals surface area contributed by atoms with Crippen molar-refractivity contribution in [2.24, 2.45) is 0 Å². The van der Waals surface area contributed by atoms with Crippen LogP contribution in [0.2, 0.25) is 0 Å². The van der Waals surface area contributed by atoms with Crippen LogP contribution < -0.4 is 0 Å². The van der Waals surface area contributed by atoms with Gasteiger partial charge in [-0.25, -0.2) is 4.98 Å². The molecule has 2 aromatic heterocycles. The summed E-state index contributed by atoms with van der Waals surface area (Å²) in [5.41, 5.74) is 3.04. The molecule has 1 N–H and O–H groups in total. The minimum Gasteiger partial charge on any atom is -0.460 e. The van der Waals surface area contributed by atoms with Gasteiger partial charge in [0.25, 0.3) is 0 Å². The number of aromatic amines is 1. The average molecular weight is 209 g/mol. The van der Waals surface area contributed by atoms with E-state index in [1.807, 2.05) is 36.5 Å². The number of rotatable bonds is 2. The highest BCUT2D eigenvalue weighted by Crippen LogP contribution is 2.29. The fourth-order valence-electron chi connectivity index (χ4n) is 1.72. The molecule has 0 unspecified atom stereocenters. The van der Waals surface area contributed by atoms with E-state index in [2.05, 4.69) is 16.2 Å². The Kier molecular flexibility index (Phi) is 2.07. The topological polar surface area (TPSA) is 41.8 Å². The maximum Gasteiger partial charge on any atom is 0.177 e. The van der Waals surface area contributed by atoms with Crippen molar-refractivity contribution in [2.45, 2.75) is 0 Å². The van der Waals surface area contributed by atoms with Crippen molar-refractivity contribution < 1.29 is 4.42 Å². The molecular weight excluding hydrogens is 200 g/mol. The number of furan rings is 1. The summed E-state index contributed by atoms with van der Waals surface area (Å²) in [6.45, 7) is 0. The number of hydrogen-bond donors (Lipinski definition) is 1. The van der Waals surface area contributed by atoms with Crippen molar-refractivity contribution >= 4 is 0 Å². The van der Waals surface area contributed by atoms with Crippen LogP contribution in [-0.4, -0.2) is 9.97 Å². The second-order valence-corrected chi connectivity index (χ2v) is 3.42. The van der Waals surface area contributed by atoms with E-state index in [-0.39, 0.29) is 0 Å². The molecule has 3 aromatic rings. The summed E-state index contributed by atoms with van der Waals surface area (Å²) in [4.78, 5) is 7.36. The van der Waals surface area contributed by atoms with Gasteiger partial charge in [0.2, 0.25) is 0 Å². The molecule has 0 fully saturated rings. The highest BCUT2D eigenvalue weighted by atomic mass is 16.3. The van der Waals surface area contributed by atoms with E-state index in [4.69, 9.17) is 4.42 Å². The maximum atomic E-state index is 4.99. The summed E-state index contributed by atoms with van der Waals surface area (Å²) in [7, 11) is 0. The zero-order valence-electron chi connectivity index (χ0n) is 8.47. The number of nitrogens with zero attached hydrogens (tertiary/aromatic N) is 1. The number of nitrogens with one attached hydrogen (secondary N) is 1. The molecule has 0 aliphatic heterocycles. The molecule has 1 radical (unpaired) electrons. The summed E-state index contributed by atoms with van der Waals surface area (Å²) in [6, 6.07) is 9.92. The third-order valence-corrected chi connectivity index (χ3v) is 2.44. The van der Waals surface area contributed by atoms with Crippen molar-refractivity contribution in [3.63, 3.8) is 0 Å². The third kappa shape index (κ3) is 1.42. The maximum absolute atomic E-state index is 4.99. The molecule has 0 aliphatic rings. The first-order valence-corrected chi connectivity index (χ1v) is 4.99. The molecule has 3 nitrogen and oxygen atoms in total. The second-order valence-electron chi connectivity index (χ2n) is 3.42. The Hall–Kier alpha value is -2.29. The summed E-state index contributed by atoms with van der Waals surface area (Å²) < 4.78 is 4.99. The quantitative estimate of drug-likeness (QED) is 0.704. The van der Waals surface area contributed by atoms with Crippen LogP contribution in [0, 0.1) is 6.26 Å². The first-order valence-electron chi connectivity index (χ1n) is 4.99. The van der Waals surface area contributed by atoms with Gasteiger partial charge in [0.1, 0.15) is 5.82 Å². The highest BCUT2D eigenvalue weighted by molar-refractivity contribution is 5.79. The van der Waals surface area contributed by atoms with Crippen LogP contribution in [0.5, 0.6) is 0 Å². The normalized spacial score (nSPS) is 10.5. The molecule has 0 saturated carbocycles. The Balaban J connectivity index is 2.19. The highest BCUT2D eigenvalue weighted by Gasteiger charge is 2.09. The van der Waals surface area contributed by atoms with Crippen LogP contribution in [0.15, 0.2) is 53.4 Å². The van der Waals surface area contributed by atoms with Crippen LogP contribution in [0.1, 0.15) is 0 Å². The van der Waals surface area contributed by atoms with Crippen molar-refractivity contribution in [2.75, 3.05) is 0 Å². The molecule has 1 aromatic carbocycles. The molecule has 0 saturated heterocycles. The minimum absolute atomic E-state index is 0.852. The molecular formula is C13H9N2O. The minimum atomic E-state index is 0.852. The summed E-state index contributed by atoms with van der Waals surface area (Å²) in [5, 5.41) is 0. The van der Waals surface area contributed by atoms with Crippen LogP contribution in [0.3, 0.4) is 0 Å². The van der Waals surface area contributed by atoms with Gasteiger partial charge in [0.15, 0.2) is 6.26 Å². The number of aromatic nitrogens is 2. The van der Waals surface area contributed by atoms with Crippen molar-refractivity contribution in [3.8, 4) is 22.5 Å². The van der Waals surface area contributed by atoms with E-state index in [0.717, 1.165) is 22.5 Å². The van der Waals surface area contributed by atoms with Crippen LogP contribution in [0.4, 0.5) is 0 Å². The van der Waals surface area contributed by atoms with Crippen LogP contribution in [0.25, 0.3) is 22.5 Å². The molecule has 3 heteroatoms. The Bertz CT molecular complexity index is 515. The SMILES string of the molecule is [c]1occc1-c1ccccc1-c1ncc[nH]1. The average Bonchev–Trinajstić information content (AvgIpc) is 3.03. The standard InChI is InChI=1S/C13H9N2O/c1-2-4-12(13-14-6-7-15-13)11(3-1)10-5-8-16-9-10/h1-8H,(H,14,15). The molecule has 16 heavy (non-hydrogen) atoms. The van der Waals surface area contributed by atoms with Crippen molar-refractivity contribution in [1.82, 2.24) is 9.97 Å². The zero-order chi connectivity index (χ0) is 10.8. The van der Waals surface area contributed by atoms with Gasteiger partial charge in [0.05, 0.1) is 6.26 Å². The fraction of sp³-hybridized carbons (Fsp3) is 0. The largest absolute Gasteiger partial charge is 0.460 e. The lowest BCUT2D eigenvalue weighted by Crippen LogP contribution is -1.84. The van der Waals surface area contributed by atoms with Gasteiger partial charge >= 0.3 is 0 Å². The first kappa shape index (κ1) is 8.97. The zero-order valence-corrected chi connectivity index (χ0v) is 8.47. The molecule has 0 bridgehead atoms. The second kappa shape index (κ2) is 3.70. The van der Waals surface area contributed by atoms with Gasteiger partial charge in [-0.1, -0.05) is 24.3 Å². The molecule has 0 aliphatic carbocycles. The van der Waals surface area contributed by atoms with Gasteiger partial charge in [-0.2, -0.15) is 0 Å². The Morgan fingerprint density at radius 3 is 2.69 bits per heavy atom. The van der Waals surface area contributed by atoms with Crippen LogP contribution in [-0.2, 0) is 0 Å². The summed E-state index contributed by atoms with van der Waals surface area (Å²) >= 11 is 0. The van der Waals surface area contributed by atoms with Crippen molar-refractivity contribution in [1.29, 1.82) is 0 Å². The Morgan fingerprint density at radius 2 is 2.00 bits per heavy atom. The summed E-state index contributed by atoms with van der Waals surface area (Å²) in [6.07, 6.45) is 8.01. The van der Waals surface area contributed by atoms with E-state index in [9.17, 15) is 0 Å².